The van der Waals surface area contributed by atoms with E-state index in [1.165, 1.54) is 0 Å². The Morgan fingerprint density at radius 1 is 1.17 bits per heavy atom. The molecular formula is C19H23NO3. The van der Waals surface area contributed by atoms with Crippen molar-refractivity contribution in [2.75, 3.05) is 12.8 Å². The van der Waals surface area contributed by atoms with Gasteiger partial charge in [0.2, 0.25) is 5.78 Å². The lowest BCUT2D eigenvalue weighted by Gasteiger charge is -2.19. The fourth-order valence-electron chi connectivity index (χ4n) is 2.38. The molecule has 0 aliphatic rings. The second-order valence-corrected chi connectivity index (χ2v) is 5.53. The molecule has 0 spiro atoms. The molecule has 0 heterocycles. The molecule has 0 amide bonds. The Morgan fingerprint density at radius 3 is 2.43 bits per heavy atom. The molecule has 0 bridgehead atoms. The molecule has 1 unspecified atom stereocenters. The number of carbonyl (C=O) groups is 1. The molecule has 0 aromatic heterocycles. The maximum atomic E-state index is 12.7. The Balaban J connectivity index is 2.20. The van der Waals surface area contributed by atoms with Crippen LogP contribution in [0.4, 0.5) is 5.69 Å². The van der Waals surface area contributed by atoms with Crippen LogP contribution in [0.1, 0.15) is 35.7 Å². The van der Waals surface area contributed by atoms with Gasteiger partial charge in [-0.05, 0) is 55.3 Å². The monoisotopic (exact) mass is 313 g/mol. The normalized spacial score (nSPS) is 11.8. The summed E-state index contributed by atoms with van der Waals surface area (Å²) in [6, 6.07) is 12.6. The van der Waals surface area contributed by atoms with Crippen molar-refractivity contribution >= 4 is 11.5 Å². The molecule has 4 nitrogen and oxygen atoms in total. The number of Topliss-reactive ketones (excluding diaryl/α,β-unsaturated/α-hetero) is 1. The molecule has 23 heavy (non-hydrogen) atoms. The van der Waals surface area contributed by atoms with Gasteiger partial charge in [-0.3, -0.25) is 4.79 Å². The second kappa shape index (κ2) is 7.68. The van der Waals surface area contributed by atoms with Gasteiger partial charge in [-0.15, -0.1) is 0 Å². The summed E-state index contributed by atoms with van der Waals surface area (Å²) in [6.45, 7) is 3.99. The lowest BCUT2D eigenvalue weighted by molar-refractivity contribution is 0.0778. The van der Waals surface area contributed by atoms with Gasteiger partial charge in [-0.2, -0.15) is 0 Å². The smallest absolute Gasteiger partial charge is 0.203 e. The van der Waals surface area contributed by atoms with Crippen molar-refractivity contribution in [3.05, 3.63) is 53.6 Å². The molecule has 122 valence electrons. The first kappa shape index (κ1) is 16.9. The predicted molar refractivity (Wildman–Crippen MR) is 92.2 cm³/mol. The average Bonchev–Trinajstić information content (AvgIpc) is 2.56. The molecule has 0 aliphatic carbocycles. The number of nitrogen functional groups attached to an aromatic ring is 1. The van der Waals surface area contributed by atoms with Crippen LogP contribution < -0.4 is 15.2 Å². The lowest BCUT2D eigenvalue weighted by atomic mass is 10.0. The summed E-state index contributed by atoms with van der Waals surface area (Å²) >= 11 is 0. The number of rotatable bonds is 7. The van der Waals surface area contributed by atoms with E-state index in [9.17, 15) is 4.79 Å². The highest BCUT2D eigenvalue weighted by Crippen LogP contribution is 2.25. The predicted octanol–water partition coefficient (Wildman–Crippen LogP) is 4.02. The van der Waals surface area contributed by atoms with Crippen molar-refractivity contribution in [1.29, 1.82) is 0 Å². The summed E-state index contributed by atoms with van der Waals surface area (Å²) < 4.78 is 11.0. The van der Waals surface area contributed by atoms with Crippen molar-refractivity contribution in [2.45, 2.75) is 32.8 Å². The van der Waals surface area contributed by atoms with Crippen molar-refractivity contribution < 1.29 is 14.3 Å². The van der Waals surface area contributed by atoms with Gasteiger partial charge in [-0.25, -0.2) is 0 Å². The summed E-state index contributed by atoms with van der Waals surface area (Å²) in [4.78, 5) is 12.7. The van der Waals surface area contributed by atoms with E-state index in [4.69, 9.17) is 15.2 Å². The van der Waals surface area contributed by atoms with E-state index in [1.54, 1.807) is 31.4 Å². The van der Waals surface area contributed by atoms with Crippen molar-refractivity contribution in [1.82, 2.24) is 0 Å². The zero-order valence-electron chi connectivity index (χ0n) is 13.8. The first-order valence-electron chi connectivity index (χ1n) is 7.76. The SMILES string of the molecule is CCCC(Oc1ccc(C)cc1N)C(=O)c1ccc(OC)cc1. The summed E-state index contributed by atoms with van der Waals surface area (Å²) in [6.07, 6.45) is 0.939. The molecule has 0 fully saturated rings. The molecule has 0 saturated carbocycles. The number of aryl methyl sites for hydroxylation is 1. The summed E-state index contributed by atoms with van der Waals surface area (Å²) in [7, 11) is 1.60. The molecule has 0 radical (unpaired) electrons. The van der Waals surface area contributed by atoms with Gasteiger partial charge in [0.05, 0.1) is 12.8 Å². The number of methoxy groups -OCH3 is 1. The highest BCUT2D eigenvalue weighted by Gasteiger charge is 2.22. The average molecular weight is 313 g/mol. The first-order chi connectivity index (χ1) is 11.0. The number of ether oxygens (including phenoxy) is 2. The molecule has 1 atom stereocenters. The number of hydrogen-bond acceptors (Lipinski definition) is 4. The van der Waals surface area contributed by atoms with Gasteiger partial charge in [0, 0.05) is 5.56 Å². The topological polar surface area (TPSA) is 61.5 Å². The summed E-state index contributed by atoms with van der Waals surface area (Å²) in [5, 5.41) is 0. The zero-order valence-corrected chi connectivity index (χ0v) is 13.8. The number of hydrogen-bond donors (Lipinski definition) is 1. The van der Waals surface area contributed by atoms with E-state index in [-0.39, 0.29) is 5.78 Å². The van der Waals surface area contributed by atoms with Crippen LogP contribution >= 0.6 is 0 Å². The molecular weight excluding hydrogens is 290 g/mol. The van der Waals surface area contributed by atoms with Gasteiger partial charge in [0.25, 0.3) is 0 Å². The van der Waals surface area contributed by atoms with Gasteiger partial charge >= 0.3 is 0 Å². The molecule has 2 aromatic carbocycles. The van der Waals surface area contributed by atoms with Crippen LogP contribution in [0.25, 0.3) is 0 Å². The van der Waals surface area contributed by atoms with Gasteiger partial charge < -0.3 is 15.2 Å². The maximum absolute atomic E-state index is 12.7. The molecule has 2 rings (SSSR count). The van der Waals surface area contributed by atoms with Gasteiger partial charge in [0.15, 0.2) is 6.10 Å². The number of carbonyl (C=O) groups excluding carboxylic acids is 1. The summed E-state index contributed by atoms with van der Waals surface area (Å²) in [5.41, 5.74) is 8.20. The van der Waals surface area contributed by atoms with Crippen LogP contribution in [0.5, 0.6) is 11.5 Å². The third kappa shape index (κ3) is 4.25. The Kier molecular flexibility index (Phi) is 5.63. The third-order valence-corrected chi connectivity index (χ3v) is 3.65. The largest absolute Gasteiger partial charge is 0.497 e. The Labute approximate surface area is 137 Å². The second-order valence-electron chi connectivity index (χ2n) is 5.53. The van der Waals surface area contributed by atoms with Gasteiger partial charge in [0.1, 0.15) is 11.5 Å². The minimum absolute atomic E-state index is 0.0468. The van der Waals surface area contributed by atoms with E-state index in [0.717, 1.165) is 17.7 Å². The molecule has 0 aliphatic heterocycles. The Bertz CT molecular complexity index is 665. The lowest BCUT2D eigenvalue weighted by Crippen LogP contribution is -2.27. The van der Waals surface area contributed by atoms with Crippen molar-refractivity contribution in [2.24, 2.45) is 0 Å². The van der Waals surface area contributed by atoms with E-state index in [2.05, 4.69) is 0 Å². The van der Waals surface area contributed by atoms with E-state index < -0.39 is 6.10 Å². The molecule has 2 N–H and O–H groups in total. The fourth-order valence-corrected chi connectivity index (χ4v) is 2.38. The van der Waals surface area contributed by atoms with E-state index >= 15 is 0 Å². The number of anilines is 1. The molecule has 2 aromatic rings. The zero-order chi connectivity index (χ0) is 16.8. The minimum Gasteiger partial charge on any atom is -0.497 e. The highest BCUT2D eigenvalue weighted by atomic mass is 16.5. The van der Waals surface area contributed by atoms with E-state index in [0.29, 0.717) is 23.4 Å². The van der Waals surface area contributed by atoms with Crippen LogP contribution in [-0.4, -0.2) is 19.0 Å². The number of benzene rings is 2. The van der Waals surface area contributed by atoms with Crippen LogP contribution in [0.15, 0.2) is 42.5 Å². The molecule has 4 heteroatoms. The van der Waals surface area contributed by atoms with Gasteiger partial charge in [-0.1, -0.05) is 19.4 Å². The Hall–Kier alpha value is -2.49. The van der Waals surface area contributed by atoms with Crippen molar-refractivity contribution in [3.8, 4) is 11.5 Å². The third-order valence-electron chi connectivity index (χ3n) is 3.65. The maximum Gasteiger partial charge on any atom is 0.203 e. The first-order valence-corrected chi connectivity index (χ1v) is 7.76. The standard InChI is InChI=1S/C19H23NO3/c1-4-5-18(23-17-11-6-13(2)12-16(17)20)19(21)14-7-9-15(22-3)10-8-14/h6-12,18H,4-5,20H2,1-3H3. The van der Waals surface area contributed by atoms with Crippen LogP contribution in [0.3, 0.4) is 0 Å². The number of nitrogens with two attached hydrogens (primary N) is 1. The summed E-state index contributed by atoms with van der Waals surface area (Å²) in [5.74, 6) is 1.22. The fraction of sp³-hybridized carbons (Fsp3) is 0.316. The number of ketones is 1. The van der Waals surface area contributed by atoms with Crippen molar-refractivity contribution in [3.63, 3.8) is 0 Å². The van der Waals surface area contributed by atoms with Crippen LogP contribution in [0.2, 0.25) is 0 Å². The van der Waals surface area contributed by atoms with Crippen LogP contribution in [0, 0.1) is 6.92 Å². The highest BCUT2D eigenvalue weighted by molar-refractivity contribution is 5.99. The van der Waals surface area contributed by atoms with E-state index in [1.807, 2.05) is 32.0 Å². The Morgan fingerprint density at radius 2 is 1.87 bits per heavy atom. The quantitative estimate of drug-likeness (QED) is 0.619. The minimum atomic E-state index is -0.543. The molecule has 0 saturated heterocycles. The van der Waals surface area contributed by atoms with Crippen LogP contribution in [-0.2, 0) is 0 Å².